The lowest BCUT2D eigenvalue weighted by molar-refractivity contribution is -0.141. The van der Waals surface area contributed by atoms with E-state index in [1.54, 1.807) is 0 Å². The van der Waals surface area contributed by atoms with E-state index in [-0.39, 0.29) is 5.41 Å². The normalized spacial score (nSPS) is 61.0. The van der Waals surface area contributed by atoms with Crippen LogP contribution in [0.4, 0.5) is 0 Å². The fourth-order valence-corrected chi connectivity index (χ4v) is 9.19. The average Bonchev–Trinajstić information content (AvgIpc) is 3.22. The zero-order valence-electron chi connectivity index (χ0n) is 15.1. The molecule has 4 aliphatic carbocycles. The molecule has 5 rings (SSSR count). The molecule has 4 saturated carbocycles. The average molecular weight is 333 g/mol. The third-order valence-corrected chi connectivity index (χ3v) is 11.1. The molecule has 1 saturated heterocycles. The number of hydrogen-bond acceptors (Lipinski definition) is 2. The van der Waals surface area contributed by atoms with E-state index >= 15 is 0 Å². The maximum atomic E-state index is 12.5. The van der Waals surface area contributed by atoms with Crippen LogP contribution in [0, 0.1) is 40.4 Å². The Morgan fingerprint density at radius 1 is 1.04 bits per heavy atom. The second-order valence-electron chi connectivity index (χ2n) is 10.2. The highest BCUT2D eigenvalue weighted by Gasteiger charge is 2.64. The predicted molar refractivity (Wildman–Crippen MR) is 96.5 cm³/mol. The minimum Gasteiger partial charge on any atom is -0.299 e. The van der Waals surface area contributed by atoms with E-state index in [9.17, 15) is 4.79 Å². The molecule has 1 nitrogen and oxygen atoms in total. The number of hydrogen-bond donors (Lipinski definition) is 0. The van der Waals surface area contributed by atoms with Crippen molar-refractivity contribution in [3.05, 3.63) is 0 Å². The molecule has 0 amide bonds. The van der Waals surface area contributed by atoms with Gasteiger partial charge in [0.05, 0.1) is 0 Å². The van der Waals surface area contributed by atoms with Gasteiger partial charge in [0.1, 0.15) is 5.78 Å². The van der Waals surface area contributed by atoms with Gasteiger partial charge in [-0.2, -0.15) is 11.8 Å². The van der Waals surface area contributed by atoms with Gasteiger partial charge in [-0.15, -0.1) is 0 Å². The third-order valence-electron chi connectivity index (χ3n) is 9.53. The number of rotatable bonds is 0. The molecule has 1 heterocycles. The summed E-state index contributed by atoms with van der Waals surface area (Å²) in [6.07, 6.45) is 10.4. The molecule has 1 aliphatic heterocycles. The zero-order chi connectivity index (χ0) is 16.0. The van der Waals surface area contributed by atoms with Crippen molar-refractivity contribution in [2.75, 3.05) is 5.75 Å². The Kier molecular flexibility index (Phi) is 3.05. The van der Waals surface area contributed by atoms with Gasteiger partial charge in [-0.25, -0.2) is 0 Å². The van der Waals surface area contributed by atoms with Gasteiger partial charge in [0.15, 0.2) is 0 Å². The Balaban J connectivity index is 1.47. The van der Waals surface area contributed by atoms with Crippen molar-refractivity contribution in [2.45, 2.75) is 76.9 Å². The van der Waals surface area contributed by atoms with Crippen molar-refractivity contribution in [1.29, 1.82) is 0 Å². The number of carbonyl (C=O) groups is 1. The fraction of sp³-hybridized carbons (Fsp3) is 0.952. The van der Waals surface area contributed by atoms with Gasteiger partial charge in [0.25, 0.3) is 0 Å². The van der Waals surface area contributed by atoms with Crippen molar-refractivity contribution in [3.8, 4) is 0 Å². The van der Waals surface area contributed by atoms with Crippen LogP contribution in [0.3, 0.4) is 0 Å². The molecule has 1 spiro atoms. The van der Waals surface area contributed by atoms with Crippen LogP contribution < -0.4 is 0 Å². The highest BCUT2D eigenvalue weighted by atomic mass is 32.2. The molecule has 0 bridgehead atoms. The third kappa shape index (κ3) is 1.85. The first-order valence-electron chi connectivity index (χ1n) is 10.1. The Morgan fingerprint density at radius 2 is 1.83 bits per heavy atom. The lowest BCUT2D eigenvalue weighted by atomic mass is 9.43. The number of carbonyl (C=O) groups excluding carboxylic acids is 1. The number of Topliss-reactive ketones (excluding diaryl/α,β-unsaturated/α-hetero) is 1. The van der Waals surface area contributed by atoms with Crippen LogP contribution in [-0.2, 0) is 4.79 Å². The van der Waals surface area contributed by atoms with E-state index in [1.807, 2.05) is 0 Å². The topological polar surface area (TPSA) is 17.1 Å². The van der Waals surface area contributed by atoms with Gasteiger partial charge < -0.3 is 0 Å². The summed E-state index contributed by atoms with van der Waals surface area (Å²) < 4.78 is 0.684. The Bertz CT molecular complexity index is 552. The van der Waals surface area contributed by atoms with E-state index < -0.39 is 0 Å². The van der Waals surface area contributed by atoms with E-state index in [4.69, 9.17) is 0 Å². The maximum Gasteiger partial charge on any atom is 0.139 e. The molecular weight excluding hydrogens is 300 g/mol. The van der Waals surface area contributed by atoms with Gasteiger partial charge in [-0.1, -0.05) is 20.8 Å². The summed E-state index contributed by atoms with van der Waals surface area (Å²) in [6, 6.07) is 0. The summed E-state index contributed by atoms with van der Waals surface area (Å²) in [5, 5.41) is 0. The molecule has 0 N–H and O–H groups in total. The minimum absolute atomic E-state index is 0.0538. The second kappa shape index (κ2) is 4.59. The van der Waals surface area contributed by atoms with Gasteiger partial charge in [-0.3, -0.25) is 4.79 Å². The van der Waals surface area contributed by atoms with Crippen molar-refractivity contribution in [3.63, 3.8) is 0 Å². The molecule has 23 heavy (non-hydrogen) atoms. The molecule has 0 aromatic carbocycles. The van der Waals surface area contributed by atoms with Crippen LogP contribution in [-0.4, -0.2) is 16.3 Å². The van der Waals surface area contributed by atoms with Gasteiger partial charge in [0, 0.05) is 22.3 Å². The highest BCUT2D eigenvalue weighted by molar-refractivity contribution is 8.07. The van der Waals surface area contributed by atoms with Crippen molar-refractivity contribution < 1.29 is 4.79 Å². The maximum absolute atomic E-state index is 12.5. The molecule has 2 heteroatoms. The van der Waals surface area contributed by atoms with Crippen LogP contribution in [0.1, 0.15) is 72.1 Å². The predicted octanol–water partition coefficient (Wildman–Crippen LogP) is 5.33. The summed E-state index contributed by atoms with van der Waals surface area (Å²) >= 11 is 2.25. The van der Waals surface area contributed by atoms with Crippen molar-refractivity contribution >= 4 is 17.5 Å². The standard InChI is InChI=1S/C21H32OS/c1-13-10-20(3)14(11-21(13)12-23-21)4-5-15-16-6-7-18(22)19(16,2)9-8-17(15)20/h13-17H,4-12H2,1-3H3/t13-,14-,15-,16-,17-,19+,20+,21+/m1/s1. The molecule has 5 fully saturated rings. The molecule has 5 aliphatic rings. The highest BCUT2D eigenvalue weighted by Crippen LogP contribution is 2.70. The van der Waals surface area contributed by atoms with Gasteiger partial charge >= 0.3 is 0 Å². The molecule has 0 unspecified atom stereocenters. The summed E-state index contributed by atoms with van der Waals surface area (Å²) in [6.45, 7) is 7.51. The molecule has 128 valence electrons. The number of ketones is 1. The zero-order valence-corrected chi connectivity index (χ0v) is 15.9. The van der Waals surface area contributed by atoms with E-state index in [0.29, 0.717) is 21.9 Å². The monoisotopic (exact) mass is 332 g/mol. The summed E-state index contributed by atoms with van der Waals surface area (Å²) in [4.78, 5) is 12.5. The van der Waals surface area contributed by atoms with Gasteiger partial charge in [-0.05, 0) is 80.0 Å². The summed E-state index contributed by atoms with van der Waals surface area (Å²) in [5.41, 5.74) is 0.627. The smallest absolute Gasteiger partial charge is 0.139 e. The van der Waals surface area contributed by atoms with Gasteiger partial charge in [0.2, 0.25) is 0 Å². The Labute approximate surface area is 145 Å². The van der Waals surface area contributed by atoms with Crippen molar-refractivity contribution in [1.82, 2.24) is 0 Å². The largest absolute Gasteiger partial charge is 0.299 e. The quantitative estimate of drug-likeness (QED) is 0.558. The van der Waals surface area contributed by atoms with Crippen LogP contribution in [0.15, 0.2) is 0 Å². The van der Waals surface area contributed by atoms with E-state index in [0.717, 1.165) is 30.1 Å². The van der Waals surface area contributed by atoms with Crippen LogP contribution in [0.25, 0.3) is 0 Å². The van der Waals surface area contributed by atoms with Crippen molar-refractivity contribution in [2.24, 2.45) is 40.4 Å². The Hall–Kier alpha value is 0.0200. The lowest BCUT2D eigenvalue weighted by Gasteiger charge is -2.61. The molecular formula is C21H32OS. The van der Waals surface area contributed by atoms with Crippen LogP contribution in [0.5, 0.6) is 0 Å². The summed E-state index contributed by atoms with van der Waals surface area (Å²) in [7, 11) is 0. The Morgan fingerprint density at radius 3 is 2.57 bits per heavy atom. The SMILES string of the molecule is C[C@@H]1C[C@@]2(C)[C@H](CC[C@H]3[C@H]2CC[C@]2(C)C(=O)CC[C@H]32)C[C@]12CS2. The lowest BCUT2D eigenvalue weighted by Crippen LogP contribution is -2.55. The van der Waals surface area contributed by atoms with E-state index in [1.165, 1.54) is 50.7 Å². The molecule has 8 atom stereocenters. The summed E-state index contributed by atoms with van der Waals surface area (Å²) in [5.74, 6) is 6.39. The molecule has 0 radical (unpaired) electrons. The minimum atomic E-state index is 0.0538. The molecule has 0 aromatic heterocycles. The first-order valence-corrected chi connectivity index (χ1v) is 11.0. The molecule has 0 aromatic rings. The number of thioether (sulfide) groups is 1. The second-order valence-corrected chi connectivity index (χ2v) is 11.6. The van der Waals surface area contributed by atoms with Crippen LogP contribution in [0.2, 0.25) is 0 Å². The van der Waals surface area contributed by atoms with E-state index in [2.05, 4.69) is 32.5 Å². The number of fused-ring (bicyclic) bond motifs is 5. The van der Waals surface area contributed by atoms with Crippen LogP contribution >= 0.6 is 11.8 Å². The first-order chi connectivity index (χ1) is 10.9. The fourth-order valence-electron chi connectivity index (χ4n) is 7.92. The first kappa shape index (κ1) is 15.3.